The van der Waals surface area contributed by atoms with Gasteiger partial charge in [-0.25, -0.2) is 18.9 Å². The number of phosphoric acid groups is 1. The second-order valence-electron chi connectivity index (χ2n) is 4.00. The van der Waals surface area contributed by atoms with E-state index < -0.39 is 56.1 Å². The van der Waals surface area contributed by atoms with E-state index in [1.165, 1.54) is 0 Å². The number of hydrogen-bond donors (Lipinski definition) is 9. The van der Waals surface area contributed by atoms with Crippen molar-refractivity contribution < 1.29 is 73.9 Å². The Labute approximate surface area is 143 Å². The smallest absolute Gasteiger partial charge is 0.466 e. The largest absolute Gasteiger partial charge is 0.481 e. The molecule has 150 valence electrons. The average Bonchev–Trinajstić information content (AvgIpc) is 2.32. The number of hydrogen-bond acceptors (Lipinski definition) is 7. The fraction of sp³-hybridized carbons (Fsp3) is 0.300. The molecule has 0 spiro atoms. The highest BCUT2D eigenvalue weighted by Gasteiger charge is 2.40. The van der Waals surface area contributed by atoms with Crippen molar-refractivity contribution in [3.8, 4) is 0 Å². The number of carboxylic acids is 5. The zero-order chi connectivity index (χ0) is 21.7. The van der Waals surface area contributed by atoms with Crippen molar-refractivity contribution in [3.63, 3.8) is 0 Å². The van der Waals surface area contributed by atoms with Crippen LogP contribution in [0.4, 0.5) is 0 Å². The molecule has 26 heavy (non-hydrogen) atoms. The molecule has 0 aliphatic carbocycles. The predicted molar refractivity (Wildman–Crippen MR) is 75.8 cm³/mol. The Balaban J connectivity index is -0.000000346. The van der Waals surface area contributed by atoms with Crippen LogP contribution in [0, 0.1) is 0 Å². The van der Waals surface area contributed by atoms with Gasteiger partial charge in [0.25, 0.3) is 0 Å². The Morgan fingerprint density at radius 3 is 1.08 bits per heavy atom. The highest BCUT2D eigenvalue weighted by molar-refractivity contribution is 7.45. The summed E-state index contributed by atoms with van der Waals surface area (Å²) in [4.78, 5) is 71.2. The van der Waals surface area contributed by atoms with Gasteiger partial charge >= 0.3 is 37.7 Å². The molecule has 0 aromatic heterocycles. The Morgan fingerprint density at radius 2 is 0.962 bits per heavy atom. The topological polar surface area (TPSA) is 284 Å². The van der Waals surface area contributed by atoms with Gasteiger partial charge in [-0.1, -0.05) is 0 Å². The average molecular weight is 406 g/mol. The molecule has 0 amide bonds. The molecule has 15 nitrogen and oxygen atoms in total. The fourth-order valence-corrected chi connectivity index (χ4v) is 0.857. The fourth-order valence-electron chi connectivity index (χ4n) is 0.857. The summed E-state index contributed by atoms with van der Waals surface area (Å²) >= 11 is 0. The van der Waals surface area contributed by atoms with E-state index in [9.17, 15) is 24.0 Å². The van der Waals surface area contributed by atoms with Crippen molar-refractivity contribution in [3.05, 3.63) is 12.2 Å². The van der Waals surface area contributed by atoms with E-state index >= 15 is 0 Å². The van der Waals surface area contributed by atoms with E-state index in [1.807, 2.05) is 0 Å². The normalized spacial score (nSPS) is 10.6. The molecule has 16 heteroatoms. The maximum atomic E-state index is 10.3. The molecular formula is C10H15O15P. The second kappa shape index (κ2) is 12.5. The van der Waals surface area contributed by atoms with Gasteiger partial charge in [0.1, 0.15) is 0 Å². The van der Waals surface area contributed by atoms with Crippen LogP contribution in [0.2, 0.25) is 0 Å². The Morgan fingerprint density at radius 1 is 0.731 bits per heavy atom. The van der Waals surface area contributed by atoms with Crippen molar-refractivity contribution in [1.29, 1.82) is 0 Å². The SMILES string of the molecule is O=C(O)C=CC(=O)O.O=C(O)CC(O)(CC(=O)O)C(=O)O.O=P(O)(O)O. The van der Waals surface area contributed by atoms with Gasteiger partial charge in [-0.15, -0.1) is 0 Å². The molecule has 0 aliphatic heterocycles. The lowest BCUT2D eigenvalue weighted by molar-refractivity contribution is -0.170. The summed E-state index contributed by atoms with van der Waals surface area (Å²) in [5.74, 6) is -7.53. The number of rotatable bonds is 7. The Hall–Kier alpha value is -2.84. The van der Waals surface area contributed by atoms with Crippen LogP contribution in [0.5, 0.6) is 0 Å². The van der Waals surface area contributed by atoms with Crippen molar-refractivity contribution >= 4 is 37.7 Å². The van der Waals surface area contributed by atoms with Crippen molar-refractivity contribution in [1.82, 2.24) is 0 Å². The zero-order valence-electron chi connectivity index (χ0n) is 12.5. The zero-order valence-corrected chi connectivity index (χ0v) is 13.4. The van der Waals surface area contributed by atoms with E-state index in [1.54, 1.807) is 0 Å². The Kier molecular flexibility index (Phi) is 13.5. The second-order valence-corrected chi connectivity index (χ2v) is 5.03. The molecule has 9 N–H and O–H groups in total. The number of aliphatic carboxylic acids is 5. The van der Waals surface area contributed by atoms with Crippen molar-refractivity contribution in [2.45, 2.75) is 18.4 Å². The van der Waals surface area contributed by atoms with Crippen LogP contribution >= 0.6 is 7.82 Å². The first-order valence-electron chi connectivity index (χ1n) is 5.72. The summed E-state index contributed by atoms with van der Waals surface area (Å²) in [6.07, 6.45) is -1.17. The van der Waals surface area contributed by atoms with E-state index in [2.05, 4.69) is 0 Å². The molecule has 0 aromatic rings. The molecule has 0 rings (SSSR count). The van der Waals surface area contributed by atoms with Gasteiger partial charge in [0.2, 0.25) is 0 Å². The molecule has 0 radical (unpaired) electrons. The summed E-state index contributed by atoms with van der Waals surface area (Å²) in [7, 11) is -4.64. The summed E-state index contributed by atoms with van der Waals surface area (Å²) in [5, 5.41) is 49.4. The standard InChI is InChI=1S/C6H8O7.C4H4O4.H3O4P/c7-3(8)1-6(13,5(11)12)2-4(9)10;5-3(6)1-2-4(7)8;1-5(2,3)4/h13H,1-2H2,(H,7,8)(H,9,10)(H,11,12);1-2H,(H,5,6)(H,7,8);(H3,1,2,3,4). The maximum Gasteiger partial charge on any atom is 0.466 e. The van der Waals surface area contributed by atoms with Gasteiger partial charge in [-0.3, -0.25) is 9.59 Å². The molecule has 0 saturated heterocycles. The molecular weight excluding hydrogens is 391 g/mol. The lowest BCUT2D eigenvalue weighted by Gasteiger charge is -2.18. The molecule has 0 bridgehead atoms. The van der Waals surface area contributed by atoms with Crippen LogP contribution in [0.1, 0.15) is 12.8 Å². The van der Waals surface area contributed by atoms with Crippen LogP contribution in [0.15, 0.2) is 12.2 Å². The molecule has 0 atom stereocenters. The van der Waals surface area contributed by atoms with Crippen LogP contribution in [0.3, 0.4) is 0 Å². The van der Waals surface area contributed by atoms with Crippen LogP contribution in [0.25, 0.3) is 0 Å². The van der Waals surface area contributed by atoms with Gasteiger partial charge in [-0.05, 0) is 0 Å². The molecule has 0 heterocycles. The number of carbonyl (C=O) groups is 5. The molecule has 0 aromatic carbocycles. The molecule has 0 saturated carbocycles. The highest BCUT2D eigenvalue weighted by atomic mass is 31.2. The van der Waals surface area contributed by atoms with E-state index in [0.717, 1.165) is 0 Å². The summed E-state index contributed by atoms with van der Waals surface area (Å²) in [6.45, 7) is 0. The lowest BCUT2D eigenvalue weighted by Crippen LogP contribution is -2.42. The Bertz CT molecular complexity index is 559. The first-order valence-corrected chi connectivity index (χ1v) is 7.28. The van der Waals surface area contributed by atoms with E-state index in [0.29, 0.717) is 12.2 Å². The van der Waals surface area contributed by atoms with Gasteiger partial charge in [0.05, 0.1) is 12.8 Å². The van der Waals surface area contributed by atoms with Gasteiger partial charge < -0.3 is 45.3 Å². The van der Waals surface area contributed by atoms with Gasteiger partial charge in [-0.2, -0.15) is 0 Å². The van der Waals surface area contributed by atoms with E-state index in [-0.39, 0.29) is 0 Å². The van der Waals surface area contributed by atoms with Crippen molar-refractivity contribution in [2.75, 3.05) is 0 Å². The van der Waals surface area contributed by atoms with Crippen LogP contribution in [-0.2, 0) is 28.5 Å². The van der Waals surface area contributed by atoms with Crippen LogP contribution in [-0.4, -0.2) is 80.8 Å². The number of aliphatic hydroxyl groups is 1. The summed E-state index contributed by atoms with van der Waals surface area (Å²) < 4.78 is 8.88. The van der Waals surface area contributed by atoms with Gasteiger partial charge in [0.15, 0.2) is 5.60 Å². The monoisotopic (exact) mass is 406 g/mol. The predicted octanol–water partition coefficient (Wildman–Crippen LogP) is -2.47. The summed E-state index contributed by atoms with van der Waals surface area (Å²) in [5.41, 5.74) is -2.74. The summed E-state index contributed by atoms with van der Waals surface area (Å²) in [6, 6.07) is 0. The maximum absolute atomic E-state index is 10.3. The first-order chi connectivity index (χ1) is 11.4. The third-order valence-electron chi connectivity index (χ3n) is 1.65. The van der Waals surface area contributed by atoms with Crippen LogP contribution < -0.4 is 0 Å². The van der Waals surface area contributed by atoms with E-state index in [4.69, 9.17) is 49.9 Å². The third-order valence-corrected chi connectivity index (χ3v) is 1.65. The van der Waals surface area contributed by atoms with Crippen molar-refractivity contribution in [2.24, 2.45) is 0 Å². The third kappa shape index (κ3) is 26.1. The molecule has 0 fully saturated rings. The minimum absolute atomic E-state index is 0.558. The van der Waals surface area contributed by atoms with Gasteiger partial charge in [0, 0.05) is 12.2 Å². The minimum atomic E-state index is -4.64. The first kappa shape index (κ1) is 28.0. The molecule has 0 unspecified atom stereocenters. The highest BCUT2D eigenvalue weighted by Crippen LogP contribution is 2.25. The quantitative estimate of drug-likeness (QED) is 0.156. The number of carboxylic acid groups (broad SMARTS) is 5. The minimum Gasteiger partial charge on any atom is -0.481 e. The lowest BCUT2D eigenvalue weighted by atomic mass is 9.96. The molecule has 0 aliphatic rings.